The summed E-state index contributed by atoms with van der Waals surface area (Å²) < 4.78 is 3.01. The lowest BCUT2D eigenvalue weighted by Crippen LogP contribution is -2.57. The van der Waals surface area contributed by atoms with Crippen LogP contribution in [0.4, 0.5) is 5.82 Å². The molecule has 0 radical (unpaired) electrons. The number of nitrogens with zero attached hydrogens (tertiary/aromatic N) is 6. The number of aryl methyl sites for hydroxylation is 1. The highest BCUT2D eigenvalue weighted by atomic mass is 127. The molecule has 9 heteroatoms. The monoisotopic (exact) mass is 567 g/mol. The molecule has 2 aromatic carbocycles. The Balaban J connectivity index is 1.35. The number of aromatic nitrogens is 4. The number of anilines is 1. The fourth-order valence-electron chi connectivity index (χ4n) is 4.17. The summed E-state index contributed by atoms with van der Waals surface area (Å²) in [4.78, 5) is 26.3. The van der Waals surface area contributed by atoms with Crippen molar-refractivity contribution in [2.75, 3.05) is 31.6 Å². The Bertz CT molecular complexity index is 1300. The number of nitrogens with one attached hydrogen (secondary N) is 1. The average molecular weight is 567 g/mol. The molecule has 0 aliphatic carbocycles. The van der Waals surface area contributed by atoms with Gasteiger partial charge in [0.2, 0.25) is 5.91 Å². The highest BCUT2D eigenvalue weighted by Crippen LogP contribution is 2.25. The quantitative estimate of drug-likeness (QED) is 0.374. The summed E-state index contributed by atoms with van der Waals surface area (Å²) in [5.74, 6) is 0.832. The van der Waals surface area contributed by atoms with Crippen molar-refractivity contribution in [2.24, 2.45) is 0 Å². The van der Waals surface area contributed by atoms with Gasteiger partial charge in [0.25, 0.3) is 0 Å². The summed E-state index contributed by atoms with van der Waals surface area (Å²) in [6, 6.07) is 16.1. The second kappa shape index (κ2) is 9.67. The summed E-state index contributed by atoms with van der Waals surface area (Å²) in [5.41, 5.74) is 3.90. The Kier molecular flexibility index (Phi) is 6.46. The topological polar surface area (TPSA) is 79.2 Å². The van der Waals surface area contributed by atoms with Crippen LogP contribution < -0.4 is 10.2 Å². The van der Waals surface area contributed by atoms with Crippen LogP contribution in [0.1, 0.15) is 11.1 Å². The zero-order valence-electron chi connectivity index (χ0n) is 19.1. The number of hydrogen-bond acceptors (Lipinski definition) is 6. The van der Waals surface area contributed by atoms with Gasteiger partial charge in [-0.1, -0.05) is 29.8 Å². The van der Waals surface area contributed by atoms with Crippen LogP contribution in [0.25, 0.3) is 16.7 Å². The van der Waals surface area contributed by atoms with Crippen LogP contribution in [-0.4, -0.2) is 63.3 Å². The number of rotatable bonds is 5. The molecule has 5 rings (SSSR count). The van der Waals surface area contributed by atoms with Gasteiger partial charge in [0.05, 0.1) is 11.1 Å². The van der Waals surface area contributed by atoms with Crippen LogP contribution >= 0.6 is 22.6 Å². The maximum Gasteiger partial charge on any atom is 0.239 e. The lowest BCUT2D eigenvalue weighted by Gasteiger charge is -2.39. The molecule has 1 amide bonds. The molecule has 1 fully saturated rings. The summed E-state index contributed by atoms with van der Waals surface area (Å²) in [5, 5.41) is 8.63. The highest BCUT2D eigenvalue weighted by Gasteiger charge is 2.31. The van der Waals surface area contributed by atoms with Crippen molar-refractivity contribution in [2.45, 2.75) is 19.5 Å². The Labute approximate surface area is 212 Å². The van der Waals surface area contributed by atoms with Crippen LogP contribution in [0.3, 0.4) is 0 Å². The van der Waals surface area contributed by atoms with E-state index in [0.717, 1.165) is 35.5 Å². The number of carbonyl (C=O) groups excluding carboxylic acids is 1. The Morgan fingerprint density at radius 1 is 1.09 bits per heavy atom. The van der Waals surface area contributed by atoms with Crippen LogP contribution in [0.5, 0.6) is 0 Å². The number of amides is 1. The molecule has 174 valence electrons. The molecule has 0 bridgehead atoms. The Hall–Kier alpha value is -3.05. The number of benzene rings is 2. The van der Waals surface area contributed by atoms with E-state index < -0.39 is 0 Å². The van der Waals surface area contributed by atoms with Gasteiger partial charge in [0.1, 0.15) is 18.2 Å². The van der Waals surface area contributed by atoms with E-state index in [1.165, 1.54) is 9.13 Å². The van der Waals surface area contributed by atoms with Gasteiger partial charge in [-0.2, -0.15) is 0 Å². The predicted octanol–water partition coefficient (Wildman–Crippen LogP) is 3.17. The van der Waals surface area contributed by atoms with Gasteiger partial charge in [-0.05, 0) is 66.4 Å². The first-order chi connectivity index (χ1) is 16.5. The molecule has 0 saturated carbocycles. The molecule has 34 heavy (non-hydrogen) atoms. The molecule has 0 unspecified atom stereocenters. The lowest BCUT2D eigenvalue weighted by molar-refractivity contribution is -0.126. The number of hydrogen-bond donors (Lipinski definition) is 1. The molecule has 3 heterocycles. The summed E-state index contributed by atoms with van der Waals surface area (Å²) >= 11 is 2.28. The number of fused-ring (bicyclic) bond motifs is 1. The molecular weight excluding hydrogens is 541 g/mol. The van der Waals surface area contributed by atoms with Crippen molar-refractivity contribution in [3.05, 3.63) is 75.8 Å². The maximum absolute atomic E-state index is 13.1. The fourth-order valence-corrected chi connectivity index (χ4v) is 4.53. The highest BCUT2D eigenvalue weighted by molar-refractivity contribution is 14.1. The van der Waals surface area contributed by atoms with E-state index in [1.807, 2.05) is 54.3 Å². The van der Waals surface area contributed by atoms with Crippen molar-refractivity contribution in [1.29, 1.82) is 0 Å². The van der Waals surface area contributed by atoms with E-state index >= 15 is 0 Å². The third kappa shape index (κ3) is 4.76. The lowest BCUT2D eigenvalue weighted by atomic mass is 10.1. The van der Waals surface area contributed by atoms with Gasteiger partial charge in [0, 0.05) is 35.9 Å². The number of piperazine rings is 1. The van der Waals surface area contributed by atoms with E-state index in [2.05, 4.69) is 71.8 Å². The van der Waals surface area contributed by atoms with Crippen molar-refractivity contribution in [3.63, 3.8) is 0 Å². The molecule has 0 spiro atoms. The third-order valence-electron chi connectivity index (χ3n) is 6.22. The van der Waals surface area contributed by atoms with E-state index in [9.17, 15) is 4.79 Å². The molecule has 1 atom stereocenters. The minimum absolute atomic E-state index is 0.0198. The Morgan fingerprint density at radius 2 is 1.85 bits per heavy atom. The van der Waals surface area contributed by atoms with Crippen LogP contribution in [0, 0.1) is 10.5 Å². The molecular formula is C25H26IN7O. The molecule has 2 aromatic heterocycles. The zero-order valence-corrected chi connectivity index (χ0v) is 21.3. The molecule has 8 nitrogen and oxygen atoms in total. The molecule has 1 aliphatic rings. The van der Waals surface area contributed by atoms with Crippen LogP contribution in [0.2, 0.25) is 0 Å². The molecule has 1 aliphatic heterocycles. The normalized spacial score (nSPS) is 16.7. The maximum atomic E-state index is 13.1. The van der Waals surface area contributed by atoms with E-state index in [0.29, 0.717) is 18.7 Å². The molecule has 1 N–H and O–H groups in total. The second-order valence-corrected chi connectivity index (χ2v) is 9.88. The predicted molar refractivity (Wildman–Crippen MR) is 141 cm³/mol. The van der Waals surface area contributed by atoms with Gasteiger partial charge >= 0.3 is 0 Å². The van der Waals surface area contributed by atoms with Gasteiger partial charge in [-0.25, -0.2) is 14.6 Å². The standard InChI is InChI=1S/C25H26IN7O/c1-17-3-9-20(10-4-17)33-14-21-23(30-33)28-16-29-24(21)32-12-11-31(2)22(15-32)25(34)27-13-18-5-7-19(26)8-6-18/h3-10,14,16,22H,11-13,15H2,1-2H3,(H,27,34)/t22-/m1/s1. The average Bonchev–Trinajstić information content (AvgIpc) is 3.29. The summed E-state index contributed by atoms with van der Waals surface area (Å²) in [6.07, 6.45) is 3.52. The first-order valence-corrected chi connectivity index (χ1v) is 12.3. The summed E-state index contributed by atoms with van der Waals surface area (Å²) in [6.45, 7) is 4.67. The third-order valence-corrected chi connectivity index (χ3v) is 6.94. The molecule has 4 aromatic rings. The number of halogens is 1. The van der Waals surface area contributed by atoms with E-state index in [1.54, 1.807) is 6.33 Å². The Morgan fingerprint density at radius 3 is 2.62 bits per heavy atom. The first kappa shape index (κ1) is 22.7. The largest absolute Gasteiger partial charge is 0.353 e. The smallest absolute Gasteiger partial charge is 0.239 e. The SMILES string of the molecule is Cc1ccc(-n2cc3c(N4CCN(C)[C@@H](C(=O)NCc5ccc(I)cc5)C4)ncnc3n2)cc1. The van der Waals surface area contributed by atoms with Crippen molar-refractivity contribution < 1.29 is 4.79 Å². The van der Waals surface area contributed by atoms with E-state index in [4.69, 9.17) is 0 Å². The minimum atomic E-state index is -0.269. The summed E-state index contributed by atoms with van der Waals surface area (Å²) in [7, 11) is 2.00. The van der Waals surface area contributed by atoms with Crippen molar-refractivity contribution in [3.8, 4) is 5.69 Å². The first-order valence-electron chi connectivity index (χ1n) is 11.2. The van der Waals surface area contributed by atoms with Crippen LogP contribution in [0.15, 0.2) is 61.1 Å². The van der Waals surface area contributed by atoms with Gasteiger partial charge in [0.15, 0.2) is 5.65 Å². The van der Waals surface area contributed by atoms with E-state index in [-0.39, 0.29) is 11.9 Å². The van der Waals surface area contributed by atoms with Crippen LogP contribution in [-0.2, 0) is 11.3 Å². The number of likely N-dealkylation sites (N-methyl/N-ethyl adjacent to an activating group) is 1. The fraction of sp³-hybridized carbons (Fsp3) is 0.280. The number of carbonyl (C=O) groups is 1. The molecule has 1 saturated heterocycles. The van der Waals surface area contributed by atoms with Gasteiger partial charge in [-0.15, -0.1) is 5.10 Å². The second-order valence-electron chi connectivity index (χ2n) is 8.63. The zero-order chi connectivity index (χ0) is 23.7. The minimum Gasteiger partial charge on any atom is -0.353 e. The van der Waals surface area contributed by atoms with Crippen molar-refractivity contribution in [1.82, 2.24) is 30.0 Å². The van der Waals surface area contributed by atoms with Crippen molar-refractivity contribution >= 4 is 45.3 Å². The van der Waals surface area contributed by atoms with Gasteiger partial charge < -0.3 is 10.2 Å². The van der Waals surface area contributed by atoms with Gasteiger partial charge in [-0.3, -0.25) is 9.69 Å².